The molecular formula is C52H52F12O2P2. The van der Waals surface area contributed by atoms with E-state index in [1.165, 1.54) is 0 Å². The van der Waals surface area contributed by atoms with E-state index in [1.54, 1.807) is 21.1 Å². The SMILES string of the molecule is COc1c(C)cc(P(c2cc(C)c(OC)c(C)c2)c2cccc(C3CCCC3)c2C2CCCC2C(C)P(c2cc(C(F)(F)F)cc(C(F)(F)F)c2)c2cc(C(F)(F)F)cc(C(F)(F)F)c2)cc1C. The van der Waals surface area contributed by atoms with Crippen molar-refractivity contribution in [2.24, 2.45) is 5.92 Å². The summed E-state index contributed by atoms with van der Waals surface area (Å²) in [7, 11) is -1.01. The van der Waals surface area contributed by atoms with Gasteiger partial charge in [-0.25, -0.2) is 0 Å². The number of hydrogen-bond donors (Lipinski definition) is 0. The third kappa shape index (κ3) is 10.6. The van der Waals surface area contributed by atoms with E-state index >= 15 is 0 Å². The Hall–Kier alpha value is -4.28. The van der Waals surface area contributed by atoms with E-state index in [-0.39, 0.29) is 18.1 Å². The van der Waals surface area contributed by atoms with Crippen LogP contribution in [0.5, 0.6) is 11.5 Å². The van der Waals surface area contributed by atoms with Crippen LogP contribution in [0.4, 0.5) is 52.7 Å². The molecule has 2 aliphatic rings. The molecule has 7 rings (SSSR count). The molecule has 0 radical (unpaired) electrons. The molecule has 2 nitrogen and oxygen atoms in total. The Morgan fingerprint density at radius 2 is 0.897 bits per heavy atom. The lowest BCUT2D eigenvalue weighted by molar-refractivity contribution is -0.144. The first-order valence-electron chi connectivity index (χ1n) is 22.3. The minimum absolute atomic E-state index is 0.0784. The Morgan fingerprint density at radius 1 is 0.500 bits per heavy atom. The van der Waals surface area contributed by atoms with E-state index in [0.717, 1.165) is 86.5 Å². The molecule has 0 heterocycles. The highest BCUT2D eigenvalue weighted by molar-refractivity contribution is 7.80. The summed E-state index contributed by atoms with van der Waals surface area (Å²) >= 11 is 0. The fourth-order valence-electron chi connectivity index (χ4n) is 10.8. The van der Waals surface area contributed by atoms with E-state index in [2.05, 4.69) is 36.4 Å². The Balaban J connectivity index is 1.52. The molecule has 3 atom stereocenters. The van der Waals surface area contributed by atoms with Gasteiger partial charge in [-0.05, 0) is 213 Å². The number of methoxy groups -OCH3 is 2. The van der Waals surface area contributed by atoms with Crippen molar-refractivity contribution in [3.63, 3.8) is 0 Å². The van der Waals surface area contributed by atoms with Crippen LogP contribution in [-0.4, -0.2) is 19.9 Å². The zero-order valence-electron chi connectivity index (χ0n) is 38.5. The summed E-state index contributed by atoms with van der Waals surface area (Å²) in [5.74, 6) is 0.527. The topological polar surface area (TPSA) is 18.5 Å². The van der Waals surface area contributed by atoms with Gasteiger partial charge in [-0.3, -0.25) is 0 Å². The van der Waals surface area contributed by atoms with Crippen LogP contribution in [0.1, 0.15) is 119 Å². The molecule has 0 aromatic heterocycles. The summed E-state index contributed by atoms with van der Waals surface area (Å²) in [5.41, 5.74) is -2.24. The van der Waals surface area contributed by atoms with Crippen molar-refractivity contribution in [3.05, 3.63) is 134 Å². The number of aryl methyl sites for hydroxylation is 4. The minimum Gasteiger partial charge on any atom is -0.496 e. The number of ether oxygens (including phenoxy) is 2. The molecule has 0 spiro atoms. The maximum atomic E-state index is 14.5. The molecular weight excluding hydrogens is 946 g/mol. The molecule has 2 saturated carbocycles. The number of halogens is 12. The smallest absolute Gasteiger partial charge is 0.416 e. The largest absolute Gasteiger partial charge is 0.496 e. The third-order valence-electron chi connectivity index (χ3n) is 13.6. The minimum atomic E-state index is -5.33. The molecule has 5 aromatic carbocycles. The first kappa shape index (κ1) is 51.6. The van der Waals surface area contributed by atoms with Gasteiger partial charge in [-0.1, -0.05) is 44.4 Å². The van der Waals surface area contributed by atoms with Crippen LogP contribution in [0.3, 0.4) is 0 Å². The van der Waals surface area contributed by atoms with Gasteiger partial charge in [-0.15, -0.1) is 0 Å². The summed E-state index contributed by atoms with van der Waals surface area (Å²) in [6.07, 6.45) is -16.2. The van der Waals surface area contributed by atoms with Crippen LogP contribution in [0, 0.1) is 33.6 Å². The molecule has 68 heavy (non-hydrogen) atoms. The lowest BCUT2D eigenvalue weighted by Crippen LogP contribution is -2.33. The molecule has 0 N–H and O–H groups in total. The Kier molecular flexibility index (Phi) is 14.8. The lowest BCUT2D eigenvalue weighted by atomic mass is 9.80. The second kappa shape index (κ2) is 19.5. The normalized spacial score (nSPS) is 18.0. The maximum Gasteiger partial charge on any atom is 0.416 e. The quantitative estimate of drug-likeness (QED) is 0.0970. The summed E-state index contributed by atoms with van der Waals surface area (Å²) < 4.78 is 186. The van der Waals surface area contributed by atoms with Gasteiger partial charge in [0.05, 0.1) is 36.5 Å². The van der Waals surface area contributed by atoms with Crippen molar-refractivity contribution in [2.75, 3.05) is 14.2 Å². The van der Waals surface area contributed by atoms with Crippen molar-refractivity contribution >= 4 is 42.4 Å². The summed E-state index contributed by atoms with van der Waals surface area (Å²) in [6.45, 7) is 9.39. The van der Waals surface area contributed by atoms with E-state index in [9.17, 15) is 52.7 Å². The average Bonchev–Trinajstić information content (AvgIpc) is 3.96. The van der Waals surface area contributed by atoms with E-state index in [4.69, 9.17) is 9.47 Å². The summed E-state index contributed by atoms with van der Waals surface area (Å²) in [4.78, 5) is 0. The number of alkyl halides is 12. The molecule has 0 bridgehead atoms. The van der Waals surface area contributed by atoms with Gasteiger partial charge < -0.3 is 9.47 Å². The van der Waals surface area contributed by atoms with Crippen LogP contribution in [0.15, 0.2) is 78.9 Å². The summed E-state index contributed by atoms with van der Waals surface area (Å²) in [5, 5.41) is 1.71. The molecule has 16 heteroatoms. The van der Waals surface area contributed by atoms with Crippen molar-refractivity contribution in [3.8, 4) is 11.5 Å². The molecule has 2 fully saturated rings. The molecule has 366 valence electrons. The van der Waals surface area contributed by atoms with E-state index in [1.807, 2.05) is 33.8 Å². The first-order valence-corrected chi connectivity index (χ1v) is 25.1. The van der Waals surface area contributed by atoms with Crippen LogP contribution in [0.25, 0.3) is 0 Å². The zero-order chi connectivity index (χ0) is 49.8. The van der Waals surface area contributed by atoms with Crippen LogP contribution in [-0.2, 0) is 24.7 Å². The van der Waals surface area contributed by atoms with Gasteiger partial charge in [0.15, 0.2) is 0 Å². The van der Waals surface area contributed by atoms with Crippen molar-refractivity contribution in [1.82, 2.24) is 0 Å². The number of benzene rings is 5. The van der Waals surface area contributed by atoms with E-state index in [0.29, 0.717) is 43.5 Å². The molecule has 3 unspecified atom stereocenters. The highest BCUT2D eigenvalue weighted by Crippen LogP contribution is 2.56. The number of rotatable bonds is 11. The third-order valence-corrected chi connectivity index (χ3v) is 18.9. The van der Waals surface area contributed by atoms with Gasteiger partial charge in [0.25, 0.3) is 0 Å². The van der Waals surface area contributed by atoms with Crippen molar-refractivity contribution < 1.29 is 62.2 Å². The number of hydrogen-bond acceptors (Lipinski definition) is 2. The van der Waals surface area contributed by atoms with Crippen LogP contribution >= 0.6 is 15.8 Å². The lowest BCUT2D eigenvalue weighted by Gasteiger charge is -2.37. The second-order valence-corrected chi connectivity index (χ2v) is 22.9. The predicted octanol–water partition coefficient (Wildman–Crippen LogP) is 14.8. The standard InChI is InChI=1S/C52H52F12O2P2/c1-28-18-38(19-29(2)47(28)65-6)68(39-20-30(3)48(66-7)31(4)21-39)45-17-11-15-43(33-12-8-9-13-33)46(45)44-16-10-14-42(44)32(5)67(40-24-34(49(53,54)55)22-35(25-40)50(56,57)58)41-26-36(51(59,60)61)23-37(27-41)52(62,63)64/h11,15,17-27,32-33,42,44H,8-10,12-14,16H2,1-7H3. The monoisotopic (exact) mass is 998 g/mol. The van der Waals surface area contributed by atoms with Gasteiger partial charge in [0.2, 0.25) is 0 Å². The molecule has 5 aromatic rings. The Labute approximate surface area is 391 Å². The fourth-order valence-corrected chi connectivity index (χ4v) is 16.8. The van der Waals surface area contributed by atoms with Crippen LogP contribution < -0.4 is 36.0 Å². The highest BCUT2D eigenvalue weighted by Gasteiger charge is 2.45. The maximum absolute atomic E-state index is 14.5. The Morgan fingerprint density at radius 3 is 1.26 bits per heavy atom. The molecule has 0 saturated heterocycles. The summed E-state index contributed by atoms with van der Waals surface area (Å²) in [6, 6.07) is 16.2. The van der Waals surface area contributed by atoms with Gasteiger partial charge in [0, 0.05) is 0 Å². The van der Waals surface area contributed by atoms with Crippen LogP contribution in [0.2, 0.25) is 0 Å². The van der Waals surface area contributed by atoms with E-state index < -0.39 is 90.9 Å². The molecule has 0 amide bonds. The second-order valence-electron chi connectivity index (χ2n) is 18.2. The fraction of sp³-hybridized carbons (Fsp3) is 0.423. The Bertz CT molecular complexity index is 2400. The van der Waals surface area contributed by atoms with Gasteiger partial charge in [0.1, 0.15) is 11.5 Å². The first-order chi connectivity index (χ1) is 31.7. The van der Waals surface area contributed by atoms with Crippen molar-refractivity contribution in [1.29, 1.82) is 0 Å². The average molecular weight is 999 g/mol. The van der Waals surface area contributed by atoms with Crippen molar-refractivity contribution in [2.45, 2.75) is 122 Å². The van der Waals surface area contributed by atoms with Gasteiger partial charge in [-0.2, -0.15) is 52.7 Å². The van der Waals surface area contributed by atoms with Gasteiger partial charge >= 0.3 is 24.7 Å². The molecule has 2 aliphatic carbocycles. The zero-order valence-corrected chi connectivity index (χ0v) is 40.3. The molecule has 0 aliphatic heterocycles. The predicted molar refractivity (Wildman–Crippen MR) is 247 cm³/mol. The highest BCUT2D eigenvalue weighted by atomic mass is 31.1.